The number of carbonyl (C=O) groups is 1. The lowest BCUT2D eigenvalue weighted by atomic mass is 10.2. The lowest BCUT2D eigenvalue weighted by Gasteiger charge is -2.06. The first-order valence-electron chi connectivity index (χ1n) is 6.62. The molecule has 0 atom stereocenters. The van der Waals surface area contributed by atoms with Crippen LogP contribution in [0.3, 0.4) is 0 Å². The Hall–Kier alpha value is -2.31. The number of unbranched alkanes of at least 4 members (excludes halogenated alkanes) is 1. The number of carbonyl (C=O) groups excluding carboxylic acids is 1. The molecule has 1 amide bonds. The molecule has 0 saturated carbocycles. The van der Waals surface area contributed by atoms with Crippen molar-refractivity contribution in [1.82, 2.24) is 24.6 Å². The van der Waals surface area contributed by atoms with Crippen LogP contribution in [-0.2, 0) is 13.6 Å². The van der Waals surface area contributed by atoms with Crippen LogP contribution in [0, 0.1) is 6.92 Å². The van der Waals surface area contributed by atoms with Gasteiger partial charge in [0.15, 0.2) is 0 Å². The van der Waals surface area contributed by atoms with Crippen LogP contribution in [0.2, 0.25) is 0 Å². The molecule has 3 N–H and O–H groups in total. The normalized spacial score (nSPS) is 10.7. The van der Waals surface area contributed by atoms with Crippen LogP contribution in [0.15, 0.2) is 18.7 Å². The molecule has 0 aliphatic rings. The zero-order valence-electron chi connectivity index (χ0n) is 11.8. The summed E-state index contributed by atoms with van der Waals surface area (Å²) in [6.07, 6.45) is 7.36. The molecule has 2 heterocycles. The minimum absolute atomic E-state index is 0.173. The molecule has 2 aromatic rings. The van der Waals surface area contributed by atoms with E-state index < -0.39 is 0 Å². The van der Waals surface area contributed by atoms with Crippen molar-refractivity contribution in [3.63, 3.8) is 0 Å². The second-order valence-corrected chi connectivity index (χ2v) is 4.73. The fourth-order valence-electron chi connectivity index (χ4n) is 2.07. The molecule has 0 aliphatic carbocycles. The number of aryl methyl sites for hydroxylation is 3. The topological polar surface area (TPSA) is 90.8 Å². The number of nitrogens with one attached hydrogen (secondary N) is 1. The molecule has 7 heteroatoms. The second-order valence-electron chi connectivity index (χ2n) is 4.73. The van der Waals surface area contributed by atoms with Gasteiger partial charge in [-0.2, -0.15) is 5.10 Å². The van der Waals surface area contributed by atoms with Gasteiger partial charge in [-0.1, -0.05) is 0 Å². The quantitative estimate of drug-likeness (QED) is 0.760. The number of nitrogens with two attached hydrogens (primary N) is 1. The highest BCUT2D eigenvalue weighted by atomic mass is 16.2. The lowest BCUT2D eigenvalue weighted by molar-refractivity contribution is 0.0944. The third-order valence-corrected chi connectivity index (χ3v) is 3.17. The van der Waals surface area contributed by atoms with Gasteiger partial charge in [0.05, 0.1) is 17.7 Å². The van der Waals surface area contributed by atoms with E-state index >= 15 is 0 Å². The summed E-state index contributed by atoms with van der Waals surface area (Å²) in [6.45, 7) is 3.32. The summed E-state index contributed by atoms with van der Waals surface area (Å²) >= 11 is 0. The highest BCUT2D eigenvalue weighted by molar-refractivity contribution is 5.97. The second kappa shape index (κ2) is 6.23. The third-order valence-electron chi connectivity index (χ3n) is 3.17. The molecule has 0 unspecified atom stereocenters. The van der Waals surface area contributed by atoms with Gasteiger partial charge >= 0.3 is 0 Å². The zero-order valence-corrected chi connectivity index (χ0v) is 11.8. The maximum absolute atomic E-state index is 12.0. The molecular weight excluding hydrogens is 256 g/mol. The van der Waals surface area contributed by atoms with E-state index in [2.05, 4.69) is 15.4 Å². The molecule has 0 spiro atoms. The van der Waals surface area contributed by atoms with E-state index in [-0.39, 0.29) is 5.91 Å². The van der Waals surface area contributed by atoms with Crippen molar-refractivity contribution in [2.75, 3.05) is 12.3 Å². The maximum atomic E-state index is 12.0. The van der Waals surface area contributed by atoms with Crippen LogP contribution in [0.4, 0.5) is 5.69 Å². The molecule has 2 aromatic heterocycles. The smallest absolute Gasteiger partial charge is 0.271 e. The molecule has 2 rings (SSSR count). The summed E-state index contributed by atoms with van der Waals surface area (Å²) in [5.74, 6) is -0.173. The van der Waals surface area contributed by atoms with Crippen molar-refractivity contribution in [2.24, 2.45) is 7.05 Å². The summed E-state index contributed by atoms with van der Waals surface area (Å²) in [6, 6.07) is 0. The van der Waals surface area contributed by atoms with Crippen LogP contribution in [0.1, 0.15) is 29.0 Å². The molecule has 0 saturated heterocycles. The van der Waals surface area contributed by atoms with Crippen LogP contribution in [-0.4, -0.2) is 31.8 Å². The average molecular weight is 276 g/mol. The fraction of sp³-hybridized carbons (Fsp3) is 0.462. The number of nitrogen functional groups attached to an aromatic ring is 1. The molecule has 108 valence electrons. The molecule has 20 heavy (non-hydrogen) atoms. The number of aromatic nitrogens is 4. The highest BCUT2D eigenvalue weighted by Crippen LogP contribution is 2.14. The number of hydrogen-bond donors (Lipinski definition) is 2. The van der Waals surface area contributed by atoms with E-state index in [1.54, 1.807) is 26.5 Å². The largest absolute Gasteiger partial charge is 0.395 e. The Morgan fingerprint density at radius 1 is 1.45 bits per heavy atom. The number of anilines is 1. The monoisotopic (exact) mass is 276 g/mol. The van der Waals surface area contributed by atoms with Crippen LogP contribution >= 0.6 is 0 Å². The highest BCUT2D eigenvalue weighted by Gasteiger charge is 2.16. The van der Waals surface area contributed by atoms with Crippen molar-refractivity contribution < 1.29 is 4.79 Å². The Morgan fingerprint density at radius 3 is 2.85 bits per heavy atom. The first-order chi connectivity index (χ1) is 9.59. The SMILES string of the molecule is Cc1nn(C)c(C(=O)NCCCCn2ccnc2)c1N. The van der Waals surface area contributed by atoms with Crippen molar-refractivity contribution in [2.45, 2.75) is 26.3 Å². The summed E-state index contributed by atoms with van der Waals surface area (Å²) in [7, 11) is 1.72. The van der Waals surface area contributed by atoms with Gasteiger partial charge in [-0.25, -0.2) is 4.98 Å². The Labute approximate surface area is 117 Å². The van der Waals surface area contributed by atoms with E-state index in [4.69, 9.17) is 5.73 Å². The number of amides is 1. The van der Waals surface area contributed by atoms with Gasteiger partial charge in [0.25, 0.3) is 5.91 Å². The van der Waals surface area contributed by atoms with E-state index in [0.29, 0.717) is 23.6 Å². The van der Waals surface area contributed by atoms with Crippen LogP contribution < -0.4 is 11.1 Å². The van der Waals surface area contributed by atoms with Gasteiger partial charge in [0, 0.05) is 32.5 Å². The predicted octanol–water partition coefficient (Wildman–Crippen LogP) is 0.717. The molecule has 0 radical (unpaired) electrons. The maximum Gasteiger partial charge on any atom is 0.271 e. The van der Waals surface area contributed by atoms with Gasteiger partial charge in [0.2, 0.25) is 0 Å². The van der Waals surface area contributed by atoms with Gasteiger partial charge in [0.1, 0.15) is 5.69 Å². The van der Waals surface area contributed by atoms with E-state index in [1.807, 2.05) is 10.8 Å². The van der Waals surface area contributed by atoms with E-state index in [0.717, 1.165) is 19.4 Å². The van der Waals surface area contributed by atoms with E-state index in [9.17, 15) is 4.79 Å². The Bertz CT molecular complexity index is 572. The molecule has 7 nitrogen and oxygen atoms in total. The van der Waals surface area contributed by atoms with Gasteiger partial charge in [-0.15, -0.1) is 0 Å². The standard InChI is InChI=1S/C13H20N6O/c1-10-11(14)12(18(2)17-10)13(20)16-5-3-4-7-19-8-6-15-9-19/h6,8-9H,3-5,7,14H2,1-2H3,(H,16,20). The van der Waals surface area contributed by atoms with Crippen molar-refractivity contribution in [3.8, 4) is 0 Å². The predicted molar refractivity (Wildman–Crippen MR) is 76.2 cm³/mol. The Kier molecular flexibility index (Phi) is 4.39. The minimum Gasteiger partial charge on any atom is -0.395 e. The average Bonchev–Trinajstić information content (AvgIpc) is 2.99. The van der Waals surface area contributed by atoms with Gasteiger partial charge in [-0.05, 0) is 19.8 Å². The van der Waals surface area contributed by atoms with Crippen LogP contribution in [0.5, 0.6) is 0 Å². The van der Waals surface area contributed by atoms with Crippen LogP contribution in [0.25, 0.3) is 0 Å². The molecule has 0 fully saturated rings. The Balaban J connectivity index is 1.75. The molecule has 0 bridgehead atoms. The summed E-state index contributed by atoms with van der Waals surface area (Å²) in [4.78, 5) is 16.0. The minimum atomic E-state index is -0.173. The number of rotatable bonds is 6. The zero-order chi connectivity index (χ0) is 14.5. The summed E-state index contributed by atoms with van der Waals surface area (Å²) < 4.78 is 3.54. The lowest BCUT2D eigenvalue weighted by Crippen LogP contribution is -2.27. The molecular formula is C13H20N6O. The molecule has 0 aliphatic heterocycles. The first kappa shape index (κ1) is 14.1. The van der Waals surface area contributed by atoms with Crippen molar-refractivity contribution >= 4 is 11.6 Å². The summed E-state index contributed by atoms with van der Waals surface area (Å²) in [5.41, 5.74) is 7.40. The summed E-state index contributed by atoms with van der Waals surface area (Å²) in [5, 5.41) is 7.00. The van der Waals surface area contributed by atoms with Gasteiger partial charge < -0.3 is 15.6 Å². The van der Waals surface area contributed by atoms with E-state index in [1.165, 1.54) is 4.68 Å². The number of hydrogen-bond acceptors (Lipinski definition) is 4. The number of nitrogens with zero attached hydrogens (tertiary/aromatic N) is 4. The Morgan fingerprint density at radius 2 is 2.25 bits per heavy atom. The van der Waals surface area contributed by atoms with Crippen molar-refractivity contribution in [1.29, 1.82) is 0 Å². The number of imidazole rings is 1. The fourth-order valence-corrected chi connectivity index (χ4v) is 2.07. The van der Waals surface area contributed by atoms with Crippen molar-refractivity contribution in [3.05, 3.63) is 30.1 Å². The van der Waals surface area contributed by atoms with Gasteiger partial charge in [-0.3, -0.25) is 9.48 Å². The molecule has 0 aromatic carbocycles. The third kappa shape index (κ3) is 3.17. The first-order valence-corrected chi connectivity index (χ1v) is 6.62.